The summed E-state index contributed by atoms with van der Waals surface area (Å²) in [6.07, 6.45) is 0. The number of fused-ring (bicyclic) bond motifs is 11. The van der Waals surface area contributed by atoms with E-state index in [1.54, 1.807) is 0 Å². The first kappa shape index (κ1) is 56.6. The van der Waals surface area contributed by atoms with Gasteiger partial charge in [0.2, 0.25) is 0 Å². The Kier molecular flexibility index (Phi) is 13.0. The van der Waals surface area contributed by atoms with E-state index in [0.29, 0.717) is 0 Å². The van der Waals surface area contributed by atoms with Crippen LogP contribution in [0.5, 0.6) is 11.5 Å². The zero-order valence-corrected chi connectivity index (χ0v) is 54.0. The molecule has 15 aromatic rings. The van der Waals surface area contributed by atoms with E-state index in [1.165, 1.54) is 55.2 Å². The van der Waals surface area contributed by atoms with Crippen LogP contribution >= 0.6 is 0 Å². The van der Waals surface area contributed by atoms with Gasteiger partial charge in [-0.3, -0.25) is 0 Å². The Balaban J connectivity index is 0.891. The lowest BCUT2D eigenvalue weighted by atomic mass is 9.30. The second-order valence-corrected chi connectivity index (χ2v) is 26.3. The van der Waals surface area contributed by atoms with Gasteiger partial charge in [0.15, 0.2) is 0 Å². The Morgan fingerprint density at radius 1 is 0.242 bits per heavy atom. The first-order valence-electron chi connectivity index (χ1n) is 34.2. The third kappa shape index (κ3) is 8.65. The summed E-state index contributed by atoms with van der Waals surface area (Å²) in [6, 6.07) is 136. The van der Waals surface area contributed by atoms with Crippen LogP contribution in [0.15, 0.2) is 370 Å². The van der Waals surface area contributed by atoms with Gasteiger partial charge in [0, 0.05) is 86.1 Å². The van der Waals surface area contributed by atoms with Gasteiger partial charge in [-0.1, -0.05) is 243 Å². The molecule has 15 aromatic carbocycles. The molecule has 0 aromatic heterocycles. The van der Waals surface area contributed by atoms with E-state index in [-0.39, 0.29) is 13.4 Å². The summed E-state index contributed by atoms with van der Waals surface area (Å²) in [5.74, 6) is 1.63. The highest BCUT2D eigenvalue weighted by Gasteiger charge is 2.50. The van der Waals surface area contributed by atoms with Gasteiger partial charge < -0.3 is 29.2 Å². The third-order valence-corrected chi connectivity index (χ3v) is 21.0. The van der Waals surface area contributed by atoms with Crippen LogP contribution in [0.25, 0.3) is 11.1 Å². The van der Waals surface area contributed by atoms with Crippen LogP contribution in [-0.2, 0) is 5.41 Å². The summed E-state index contributed by atoms with van der Waals surface area (Å²) >= 11 is 0. The Morgan fingerprint density at radius 2 is 0.636 bits per heavy atom. The van der Waals surface area contributed by atoms with E-state index in [2.05, 4.69) is 395 Å². The molecule has 1 aliphatic carbocycles. The lowest BCUT2D eigenvalue weighted by Crippen LogP contribution is -2.64. The van der Waals surface area contributed by atoms with Gasteiger partial charge in [0.05, 0.1) is 16.8 Å². The fourth-order valence-corrected chi connectivity index (χ4v) is 17.1. The van der Waals surface area contributed by atoms with Gasteiger partial charge in [0.25, 0.3) is 13.4 Å². The van der Waals surface area contributed by atoms with Crippen LogP contribution in [0.1, 0.15) is 22.3 Å². The molecule has 20 rings (SSSR count). The highest BCUT2D eigenvalue weighted by Crippen LogP contribution is 2.58. The molecule has 0 spiro atoms. The quantitative estimate of drug-likeness (QED) is 0.120. The topological polar surface area (TPSA) is 25.4 Å². The number of nitrogens with zero attached hydrogens (tertiary/aromatic N) is 5. The molecule has 0 saturated carbocycles. The highest BCUT2D eigenvalue weighted by molar-refractivity contribution is 7.02. The molecule has 0 saturated heterocycles. The Hall–Kier alpha value is -12.8. The first-order valence-corrected chi connectivity index (χ1v) is 34.2. The predicted octanol–water partition coefficient (Wildman–Crippen LogP) is 19.5. The van der Waals surface area contributed by atoms with Gasteiger partial charge in [-0.05, 0) is 181 Å². The van der Waals surface area contributed by atoms with Crippen LogP contribution in [0.2, 0.25) is 0 Å². The fraction of sp³-hybridized carbons (Fsp3) is 0.0110. The van der Waals surface area contributed by atoms with E-state index in [4.69, 9.17) is 4.74 Å². The van der Waals surface area contributed by atoms with Crippen molar-refractivity contribution in [3.63, 3.8) is 0 Å². The molecule has 0 unspecified atom stereocenters. The SMILES string of the molecule is c1ccc(N(c2ccccc2)c2cc3c4c(c2)N(c2ccccc2)c2ccccc2B4c2cc4c(cc2O3)N(c2ccc3c(c2)-c2ccccc2C3(c2ccccc2)c2ccccc2)c2cc(N(c3ccccc3)c3ccccc3)cc3c2B4c2ccccc2N3c2ccccc2)cc1. The summed E-state index contributed by atoms with van der Waals surface area (Å²) < 4.78 is 7.90. The molecule has 0 bridgehead atoms. The van der Waals surface area contributed by atoms with Crippen LogP contribution in [0.3, 0.4) is 0 Å². The maximum atomic E-state index is 7.90. The summed E-state index contributed by atoms with van der Waals surface area (Å²) in [5, 5.41) is 0. The van der Waals surface area contributed by atoms with Gasteiger partial charge in [-0.25, -0.2) is 0 Å². The Bertz CT molecular complexity index is 5520. The molecule has 0 radical (unpaired) electrons. The largest absolute Gasteiger partial charge is 0.458 e. The van der Waals surface area contributed by atoms with Crippen molar-refractivity contribution in [2.45, 2.75) is 5.41 Å². The normalized spacial score (nSPS) is 13.5. The Morgan fingerprint density at radius 3 is 1.14 bits per heavy atom. The van der Waals surface area contributed by atoms with Gasteiger partial charge in [-0.15, -0.1) is 0 Å². The number of ether oxygens (including phenoxy) is 1. The predicted molar refractivity (Wildman–Crippen MR) is 413 cm³/mol. The van der Waals surface area contributed by atoms with E-state index < -0.39 is 5.41 Å². The minimum Gasteiger partial charge on any atom is -0.458 e. The number of hydrogen-bond acceptors (Lipinski definition) is 6. The van der Waals surface area contributed by atoms with Crippen LogP contribution < -0.4 is 62.0 Å². The monoisotopic (exact) mass is 1260 g/mol. The van der Waals surface area contributed by atoms with Crippen molar-refractivity contribution in [3.8, 4) is 22.6 Å². The molecule has 0 atom stereocenters. The second kappa shape index (κ2) is 22.7. The standard InChI is InChI=1S/C91H61B2N5O/c1-9-31-62(32-10-1)91(63-33-11-2-12-34-63)75-48-26-25-47-73(75)74-55-70(53-54-76(74)91)98-83-61-87-80(93-78-50-28-30-52-82(78)97(69-45-23-8-24-46-69)86-58-72(59-88(99-87)90(86)93)95(66-39-17-5-18-40-66)67-41-19-6-20-42-67)60-79(83)92-77-49-27-29-51-81(77)96(68-43-21-7-22-44-68)84-56-71(57-85(98)89(84)92)94(64-35-13-3-14-36-64)65-37-15-4-16-38-65/h1-61H. The zero-order valence-electron chi connectivity index (χ0n) is 54.0. The van der Waals surface area contributed by atoms with Crippen LogP contribution in [0, 0.1) is 0 Å². The summed E-state index contributed by atoms with van der Waals surface area (Å²) in [7, 11) is 0. The fourth-order valence-electron chi connectivity index (χ4n) is 17.1. The Labute approximate surface area is 577 Å². The number of rotatable bonds is 11. The minimum absolute atomic E-state index is 0.210. The molecule has 4 aliphatic heterocycles. The summed E-state index contributed by atoms with van der Waals surface area (Å²) in [6.45, 7) is -0.427. The average Bonchev–Trinajstić information content (AvgIpc) is 1.62. The van der Waals surface area contributed by atoms with Gasteiger partial charge >= 0.3 is 0 Å². The maximum Gasteiger partial charge on any atom is 0.256 e. The summed E-state index contributed by atoms with van der Waals surface area (Å²) in [4.78, 5) is 12.3. The van der Waals surface area contributed by atoms with E-state index in [9.17, 15) is 0 Å². The van der Waals surface area contributed by atoms with Crippen molar-refractivity contribution in [1.82, 2.24) is 0 Å². The average molecular weight is 1260 g/mol. The van der Waals surface area contributed by atoms with Crippen molar-refractivity contribution in [3.05, 3.63) is 392 Å². The van der Waals surface area contributed by atoms with E-state index >= 15 is 0 Å². The van der Waals surface area contributed by atoms with E-state index in [0.717, 1.165) is 108 Å². The maximum absolute atomic E-state index is 7.90. The van der Waals surface area contributed by atoms with Crippen molar-refractivity contribution >= 4 is 132 Å². The number of para-hydroxylation sites is 8. The second-order valence-electron chi connectivity index (χ2n) is 26.3. The van der Waals surface area contributed by atoms with Crippen molar-refractivity contribution < 1.29 is 4.74 Å². The zero-order chi connectivity index (χ0) is 65.1. The molecule has 99 heavy (non-hydrogen) atoms. The van der Waals surface area contributed by atoms with Gasteiger partial charge in [0.1, 0.15) is 11.5 Å². The molecule has 462 valence electrons. The molecule has 0 amide bonds. The number of anilines is 15. The van der Waals surface area contributed by atoms with Crippen molar-refractivity contribution in [2.75, 3.05) is 24.5 Å². The third-order valence-electron chi connectivity index (χ3n) is 21.0. The minimum atomic E-state index is -0.594. The molecular formula is C91H61B2N5O. The van der Waals surface area contributed by atoms with Crippen LogP contribution in [-0.4, -0.2) is 13.4 Å². The molecule has 0 N–H and O–H groups in total. The number of hydrogen-bond donors (Lipinski definition) is 0. The molecule has 4 heterocycles. The smallest absolute Gasteiger partial charge is 0.256 e. The molecular weight excluding hydrogens is 1200 g/mol. The van der Waals surface area contributed by atoms with Crippen LogP contribution in [0.4, 0.5) is 85.3 Å². The van der Waals surface area contributed by atoms with Gasteiger partial charge in [-0.2, -0.15) is 0 Å². The molecule has 5 aliphatic rings. The van der Waals surface area contributed by atoms with Crippen molar-refractivity contribution in [1.29, 1.82) is 0 Å². The summed E-state index contributed by atoms with van der Waals surface area (Å²) in [5.41, 5.74) is 29.9. The molecule has 0 fully saturated rings. The number of benzene rings is 15. The lowest BCUT2D eigenvalue weighted by Gasteiger charge is -2.46. The van der Waals surface area contributed by atoms with E-state index in [1.807, 2.05) is 0 Å². The lowest BCUT2D eigenvalue weighted by molar-refractivity contribution is 0.488. The molecule has 6 nitrogen and oxygen atoms in total. The molecule has 8 heteroatoms. The highest BCUT2D eigenvalue weighted by atomic mass is 16.5. The first-order chi connectivity index (χ1) is 49.2. The van der Waals surface area contributed by atoms with Crippen molar-refractivity contribution in [2.24, 2.45) is 0 Å².